The average Bonchev–Trinajstić information content (AvgIpc) is 1.78. The van der Waals surface area contributed by atoms with Crippen molar-refractivity contribution in [2.45, 2.75) is 13.0 Å². The van der Waals surface area contributed by atoms with Crippen LogP contribution in [0.25, 0.3) is 0 Å². The maximum atomic E-state index is 10.7. The highest BCUT2D eigenvalue weighted by molar-refractivity contribution is 7.89. The van der Waals surface area contributed by atoms with Crippen molar-refractivity contribution < 1.29 is 16.8 Å². The Balaban J connectivity index is 3.98. The van der Waals surface area contributed by atoms with E-state index in [4.69, 9.17) is 0 Å². The van der Waals surface area contributed by atoms with Crippen LogP contribution in [0.3, 0.4) is 0 Å². The summed E-state index contributed by atoms with van der Waals surface area (Å²) in [6, 6.07) is -0.454. The normalized spacial score (nSPS) is 15.6. The molecule has 0 rings (SSSR count). The second-order valence-electron chi connectivity index (χ2n) is 2.91. The van der Waals surface area contributed by atoms with Crippen molar-refractivity contribution in [2.24, 2.45) is 0 Å². The molecule has 0 saturated heterocycles. The van der Waals surface area contributed by atoms with Crippen molar-refractivity contribution in [2.75, 3.05) is 19.1 Å². The molecule has 0 fully saturated rings. The second-order valence-corrected chi connectivity index (χ2v) is 6.52. The molecule has 0 aromatic rings. The lowest BCUT2D eigenvalue weighted by atomic mass is 10.4. The summed E-state index contributed by atoms with van der Waals surface area (Å²) in [7, 11) is -6.54. The molecule has 0 aliphatic heterocycles. The summed E-state index contributed by atoms with van der Waals surface area (Å²) >= 11 is 0. The number of nitrogens with one attached hydrogen (secondary N) is 2. The molecule has 80 valence electrons. The number of sulfonamides is 2. The third-order valence-electron chi connectivity index (χ3n) is 1.07. The van der Waals surface area contributed by atoms with E-state index in [0.29, 0.717) is 0 Å². The summed E-state index contributed by atoms with van der Waals surface area (Å²) in [5.41, 5.74) is 0. The zero-order valence-electron chi connectivity index (χ0n) is 7.73. The van der Waals surface area contributed by atoms with Gasteiger partial charge in [0.25, 0.3) is 0 Å². The van der Waals surface area contributed by atoms with Gasteiger partial charge in [-0.2, -0.15) is 0 Å². The maximum absolute atomic E-state index is 10.7. The third-order valence-corrected chi connectivity index (χ3v) is 2.59. The highest BCUT2D eigenvalue weighted by Gasteiger charge is 2.10. The topological polar surface area (TPSA) is 92.3 Å². The Bertz CT molecular complexity index is 345. The Labute approximate surface area is 78.8 Å². The fourth-order valence-corrected chi connectivity index (χ4v) is 2.05. The van der Waals surface area contributed by atoms with E-state index in [1.165, 1.54) is 0 Å². The second kappa shape index (κ2) is 4.36. The largest absolute Gasteiger partial charge is 0.214 e. The molecule has 13 heavy (non-hydrogen) atoms. The molecule has 0 saturated carbocycles. The monoisotopic (exact) mass is 230 g/mol. The molecule has 2 N–H and O–H groups in total. The van der Waals surface area contributed by atoms with Crippen LogP contribution in [0.4, 0.5) is 0 Å². The molecule has 0 aliphatic carbocycles. The van der Waals surface area contributed by atoms with Gasteiger partial charge in [0.2, 0.25) is 20.0 Å². The van der Waals surface area contributed by atoms with E-state index in [1.807, 2.05) is 0 Å². The molecule has 0 radical (unpaired) electrons. The van der Waals surface area contributed by atoms with Gasteiger partial charge in [0.05, 0.1) is 12.5 Å². The van der Waals surface area contributed by atoms with E-state index in [2.05, 4.69) is 9.44 Å². The van der Waals surface area contributed by atoms with E-state index < -0.39 is 26.1 Å². The van der Waals surface area contributed by atoms with Crippen molar-refractivity contribution in [3.05, 3.63) is 0 Å². The van der Waals surface area contributed by atoms with Crippen LogP contribution in [-0.4, -0.2) is 41.9 Å². The van der Waals surface area contributed by atoms with Crippen molar-refractivity contribution in [1.82, 2.24) is 9.44 Å². The van der Waals surface area contributed by atoms with Crippen LogP contribution in [0.5, 0.6) is 0 Å². The van der Waals surface area contributed by atoms with Crippen LogP contribution in [-0.2, 0) is 20.0 Å². The first-order valence-corrected chi connectivity index (χ1v) is 7.30. The Kier molecular flexibility index (Phi) is 4.30. The van der Waals surface area contributed by atoms with E-state index in [-0.39, 0.29) is 6.54 Å². The minimum absolute atomic E-state index is 0.0475. The molecular weight excluding hydrogens is 216 g/mol. The number of hydrogen-bond acceptors (Lipinski definition) is 4. The predicted molar refractivity (Wildman–Crippen MR) is 50.3 cm³/mol. The van der Waals surface area contributed by atoms with Gasteiger partial charge in [-0.25, -0.2) is 26.3 Å². The Morgan fingerprint density at radius 1 is 1.08 bits per heavy atom. The number of rotatable bonds is 5. The van der Waals surface area contributed by atoms with Crippen LogP contribution in [0.1, 0.15) is 6.92 Å². The highest BCUT2D eigenvalue weighted by atomic mass is 32.2. The summed E-state index contributed by atoms with van der Waals surface area (Å²) < 4.78 is 47.0. The van der Waals surface area contributed by atoms with Crippen molar-refractivity contribution in [1.29, 1.82) is 0 Å². The summed E-state index contributed by atoms with van der Waals surface area (Å²) in [5, 5.41) is 0. The summed E-state index contributed by atoms with van der Waals surface area (Å²) in [4.78, 5) is 0. The Morgan fingerprint density at radius 3 is 1.85 bits per heavy atom. The molecule has 0 amide bonds. The maximum Gasteiger partial charge on any atom is 0.208 e. The van der Waals surface area contributed by atoms with Crippen molar-refractivity contribution in [3.63, 3.8) is 0 Å². The SMILES string of the molecule is C[C@@H](CNS(C)(=O)=O)NS(C)(=O)=O. The van der Waals surface area contributed by atoms with E-state index in [0.717, 1.165) is 12.5 Å². The lowest BCUT2D eigenvalue weighted by Gasteiger charge is -2.11. The van der Waals surface area contributed by atoms with Crippen LogP contribution in [0.15, 0.2) is 0 Å². The van der Waals surface area contributed by atoms with Crippen LogP contribution in [0, 0.1) is 0 Å². The molecule has 0 aromatic heterocycles. The standard InChI is InChI=1S/C5H14N2O4S2/c1-5(7-13(3,10)11)4-6-12(2,8)9/h5-7H,4H2,1-3H3/t5-/m0/s1. The van der Waals surface area contributed by atoms with E-state index in [1.54, 1.807) is 6.92 Å². The molecule has 0 unspecified atom stereocenters. The van der Waals surface area contributed by atoms with Gasteiger partial charge in [-0.1, -0.05) is 0 Å². The van der Waals surface area contributed by atoms with Gasteiger partial charge in [0.1, 0.15) is 0 Å². The van der Waals surface area contributed by atoms with Gasteiger partial charge in [0, 0.05) is 12.6 Å². The predicted octanol–water partition coefficient (Wildman–Crippen LogP) is -1.53. The summed E-state index contributed by atoms with van der Waals surface area (Å²) in [6.07, 6.45) is 2.03. The quantitative estimate of drug-likeness (QED) is 0.599. The van der Waals surface area contributed by atoms with Crippen LogP contribution >= 0.6 is 0 Å². The van der Waals surface area contributed by atoms with Gasteiger partial charge in [-0.05, 0) is 6.92 Å². The minimum Gasteiger partial charge on any atom is -0.214 e. The third kappa shape index (κ3) is 9.74. The summed E-state index contributed by atoms with van der Waals surface area (Å²) in [6.45, 7) is 1.62. The molecule has 0 bridgehead atoms. The zero-order chi connectivity index (χ0) is 10.7. The lowest BCUT2D eigenvalue weighted by molar-refractivity contribution is 0.551. The number of hydrogen-bond donors (Lipinski definition) is 2. The van der Waals surface area contributed by atoms with Gasteiger partial charge >= 0.3 is 0 Å². The highest BCUT2D eigenvalue weighted by Crippen LogP contribution is 1.84. The Morgan fingerprint density at radius 2 is 1.54 bits per heavy atom. The fourth-order valence-electron chi connectivity index (χ4n) is 0.683. The lowest BCUT2D eigenvalue weighted by Crippen LogP contribution is -2.40. The zero-order valence-corrected chi connectivity index (χ0v) is 9.37. The van der Waals surface area contributed by atoms with Gasteiger partial charge in [-0.15, -0.1) is 0 Å². The van der Waals surface area contributed by atoms with E-state index in [9.17, 15) is 16.8 Å². The molecule has 1 atom stereocenters. The smallest absolute Gasteiger partial charge is 0.208 e. The Hall–Kier alpha value is -0.180. The van der Waals surface area contributed by atoms with Gasteiger partial charge in [-0.3, -0.25) is 0 Å². The molecule has 0 heterocycles. The summed E-state index contributed by atoms with van der Waals surface area (Å²) in [5.74, 6) is 0. The minimum atomic E-state index is -3.28. The molecule has 0 aliphatic rings. The molecule has 0 aromatic carbocycles. The molecule has 0 spiro atoms. The van der Waals surface area contributed by atoms with Crippen molar-refractivity contribution in [3.8, 4) is 0 Å². The average molecular weight is 230 g/mol. The molecular formula is C5H14N2O4S2. The first kappa shape index (κ1) is 12.8. The molecule has 6 nitrogen and oxygen atoms in total. The molecule has 8 heteroatoms. The first-order chi connectivity index (χ1) is 5.60. The van der Waals surface area contributed by atoms with Crippen molar-refractivity contribution >= 4 is 20.0 Å². The van der Waals surface area contributed by atoms with Crippen LogP contribution < -0.4 is 9.44 Å². The first-order valence-electron chi connectivity index (χ1n) is 3.52. The van der Waals surface area contributed by atoms with Gasteiger partial charge < -0.3 is 0 Å². The van der Waals surface area contributed by atoms with Crippen LogP contribution in [0.2, 0.25) is 0 Å². The van der Waals surface area contributed by atoms with Gasteiger partial charge in [0.15, 0.2) is 0 Å². The fraction of sp³-hybridized carbons (Fsp3) is 1.00. The van der Waals surface area contributed by atoms with E-state index >= 15 is 0 Å².